The van der Waals surface area contributed by atoms with Crippen LogP contribution in [-0.2, 0) is 4.74 Å². The summed E-state index contributed by atoms with van der Waals surface area (Å²) in [5.41, 5.74) is 0.852. The molecule has 4 rings (SSSR count). The zero-order valence-corrected chi connectivity index (χ0v) is 19.8. The lowest BCUT2D eigenvalue weighted by Crippen LogP contribution is -2.46. The fourth-order valence-electron chi connectivity index (χ4n) is 4.81. The smallest absolute Gasteiger partial charge is 0.279 e. The van der Waals surface area contributed by atoms with Crippen molar-refractivity contribution in [3.63, 3.8) is 0 Å². The molecule has 0 radical (unpaired) electrons. The Bertz CT molecular complexity index is 1180. The molecule has 0 aliphatic carbocycles. The number of hydrogen-bond acceptors (Lipinski definition) is 5. The molecule has 1 aliphatic heterocycles. The Balaban J connectivity index is 1.77. The number of nitrogens with zero attached hydrogens (tertiary/aromatic N) is 2. The average Bonchev–Trinajstić information content (AvgIpc) is 2.77. The van der Waals surface area contributed by atoms with Crippen LogP contribution in [0.3, 0.4) is 0 Å². The first-order valence-corrected chi connectivity index (χ1v) is 13.8. The van der Waals surface area contributed by atoms with Crippen LogP contribution in [0.5, 0.6) is 5.75 Å². The molecule has 0 fully saturated rings. The van der Waals surface area contributed by atoms with E-state index in [1.54, 1.807) is 44.6 Å². The Hall–Kier alpha value is -2.55. The van der Waals surface area contributed by atoms with E-state index in [0.29, 0.717) is 23.2 Å². The molecule has 6 nitrogen and oxygen atoms in total. The van der Waals surface area contributed by atoms with Crippen LogP contribution in [0.25, 0.3) is 16.5 Å². The Morgan fingerprint density at radius 1 is 1.28 bits per heavy atom. The second kappa shape index (κ2) is 8.76. The number of halogens is 1. The number of aromatic nitrogens is 2. The zero-order chi connectivity index (χ0) is 23.0. The summed E-state index contributed by atoms with van der Waals surface area (Å²) in [6.45, 7) is 5.21. The third-order valence-electron chi connectivity index (χ3n) is 6.47. The lowest BCUT2D eigenvalue weighted by molar-refractivity contribution is -0.0250. The summed E-state index contributed by atoms with van der Waals surface area (Å²) >= 11 is 0. The Labute approximate surface area is 187 Å². The van der Waals surface area contributed by atoms with Gasteiger partial charge in [0.2, 0.25) is 8.41 Å². The van der Waals surface area contributed by atoms with Crippen molar-refractivity contribution in [3.05, 3.63) is 64.6 Å². The van der Waals surface area contributed by atoms with Crippen LogP contribution < -0.4 is 10.3 Å². The van der Waals surface area contributed by atoms with Gasteiger partial charge in [0, 0.05) is 36.1 Å². The highest BCUT2D eigenvalue weighted by Gasteiger charge is 2.47. The molecule has 2 aromatic carbocycles. The van der Waals surface area contributed by atoms with Crippen LogP contribution in [-0.4, -0.2) is 43.1 Å². The Morgan fingerprint density at radius 2 is 2.03 bits per heavy atom. The molecule has 1 aliphatic rings. The SMILES string of the molecule is CO[C@@H]1c2cc(-n3ncc4ccccc4c3=O)ccc2O[C@H](C(CCO)[Si](C)(C)F)[C@H]1C. The van der Waals surface area contributed by atoms with E-state index in [4.69, 9.17) is 9.47 Å². The molecule has 1 N–H and O–H groups in total. The minimum Gasteiger partial charge on any atom is -0.490 e. The first-order chi connectivity index (χ1) is 15.3. The van der Waals surface area contributed by atoms with E-state index in [9.17, 15) is 9.90 Å². The molecule has 4 atom stereocenters. The van der Waals surface area contributed by atoms with E-state index in [0.717, 1.165) is 10.9 Å². The van der Waals surface area contributed by atoms with E-state index >= 15 is 4.11 Å². The summed E-state index contributed by atoms with van der Waals surface area (Å²) in [6.07, 6.45) is 1.29. The first-order valence-electron chi connectivity index (χ1n) is 10.9. The number of rotatable bonds is 6. The van der Waals surface area contributed by atoms with Crippen molar-refractivity contribution in [1.29, 1.82) is 0 Å². The van der Waals surface area contributed by atoms with Crippen molar-refractivity contribution in [2.24, 2.45) is 5.92 Å². The topological polar surface area (TPSA) is 73.6 Å². The predicted octanol–water partition coefficient (Wildman–Crippen LogP) is 4.40. The van der Waals surface area contributed by atoms with E-state index in [1.807, 2.05) is 31.2 Å². The van der Waals surface area contributed by atoms with Gasteiger partial charge < -0.3 is 18.7 Å². The highest BCUT2D eigenvalue weighted by atomic mass is 28.4. The van der Waals surface area contributed by atoms with Gasteiger partial charge >= 0.3 is 0 Å². The third kappa shape index (κ3) is 3.98. The molecule has 1 unspecified atom stereocenters. The fraction of sp³-hybridized carbons (Fsp3) is 0.417. The quantitative estimate of drug-likeness (QED) is 0.440. The van der Waals surface area contributed by atoms with E-state index < -0.39 is 14.5 Å². The van der Waals surface area contributed by atoms with Crippen LogP contribution in [0.1, 0.15) is 25.0 Å². The molecular formula is C24H29FN2O4Si. The molecule has 2 heterocycles. The van der Waals surface area contributed by atoms with Gasteiger partial charge in [-0.05, 0) is 43.8 Å². The van der Waals surface area contributed by atoms with Crippen molar-refractivity contribution in [2.75, 3.05) is 13.7 Å². The summed E-state index contributed by atoms with van der Waals surface area (Å²) in [5.74, 6) is 0.474. The molecular weight excluding hydrogens is 427 g/mol. The van der Waals surface area contributed by atoms with Crippen molar-refractivity contribution >= 4 is 19.2 Å². The maximum absolute atomic E-state index is 15.1. The molecule has 0 saturated carbocycles. The van der Waals surface area contributed by atoms with Gasteiger partial charge in [-0.3, -0.25) is 4.79 Å². The van der Waals surface area contributed by atoms with Gasteiger partial charge in [-0.15, -0.1) is 0 Å². The van der Waals surface area contributed by atoms with Crippen LogP contribution in [0.2, 0.25) is 18.6 Å². The average molecular weight is 457 g/mol. The lowest BCUT2D eigenvalue weighted by atomic mass is 9.86. The first kappa shape index (κ1) is 22.6. The zero-order valence-electron chi connectivity index (χ0n) is 18.8. The van der Waals surface area contributed by atoms with E-state index in [2.05, 4.69) is 5.10 Å². The molecule has 0 saturated heterocycles. The Morgan fingerprint density at radius 3 is 2.72 bits per heavy atom. The molecule has 0 bridgehead atoms. The van der Waals surface area contributed by atoms with Gasteiger partial charge in [-0.1, -0.05) is 25.1 Å². The molecule has 3 aromatic rings. The summed E-state index contributed by atoms with van der Waals surface area (Å²) < 4.78 is 28.6. The number of benzene rings is 2. The van der Waals surface area contributed by atoms with Gasteiger partial charge in [0.1, 0.15) is 11.9 Å². The monoisotopic (exact) mass is 456 g/mol. The predicted molar refractivity (Wildman–Crippen MR) is 125 cm³/mol. The number of hydrogen-bond donors (Lipinski definition) is 1. The van der Waals surface area contributed by atoms with Crippen LogP contribution in [0.15, 0.2) is 53.5 Å². The van der Waals surface area contributed by atoms with Crippen molar-refractivity contribution in [1.82, 2.24) is 9.78 Å². The summed E-state index contributed by atoms with van der Waals surface area (Å²) in [4.78, 5) is 13.0. The van der Waals surface area contributed by atoms with Crippen LogP contribution >= 0.6 is 0 Å². The van der Waals surface area contributed by atoms with Gasteiger partial charge in [0.05, 0.1) is 23.4 Å². The third-order valence-corrected chi connectivity index (χ3v) is 8.85. The van der Waals surface area contributed by atoms with E-state index in [1.165, 1.54) is 4.68 Å². The summed E-state index contributed by atoms with van der Waals surface area (Å²) in [6, 6.07) is 12.8. The summed E-state index contributed by atoms with van der Waals surface area (Å²) in [5, 5.41) is 15.3. The van der Waals surface area contributed by atoms with Crippen molar-refractivity contribution in [2.45, 2.75) is 44.2 Å². The van der Waals surface area contributed by atoms with Crippen molar-refractivity contribution in [3.8, 4) is 11.4 Å². The maximum atomic E-state index is 15.1. The number of methoxy groups -OCH3 is 1. The second-order valence-electron chi connectivity index (χ2n) is 8.95. The van der Waals surface area contributed by atoms with Crippen molar-refractivity contribution < 1.29 is 18.7 Å². The molecule has 0 spiro atoms. The number of aliphatic hydroxyl groups is 1. The van der Waals surface area contributed by atoms with Gasteiger partial charge in [0.25, 0.3) is 5.56 Å². The normalized spacial score (nSPS) is 21.8. The Kier molecular flexibility index (Phi) is 6.20. The fourth-order valence-corrected chi connectivity index (χ4v) is 6.78. The summed E-state index contributed by atoms with van der Waals surface area (Å²) in [7, 11) is -1.47. The highest BCUT2D eigenvalue weighted by molar-refractivity contribution is 6.72. The van der Waals surface area contributed by atoms with Gasteiger partial charge in [-0.2, -0.15) is 9.78 Å². The highest BCUT2D eigenvalue weighted by Crippen LogP contribution is 2.47. The maximum Gasteiger partial charge on any atom is 0.279 e. The molecule has 32 heavy (non-hydrogen) atoms. The number of ether oxygens (including phenoxy) is 2. The second-order valence-corrected chi connectivity index (χ2v) is 12.8. The standard InChI is InChI=1S/C24H29FN2O4Si/c1-15-22(30-2)19-13-17(27-24(29)18-8-6-5-7-16(18)14-26-27)9-10-20(19)31-23(15)21(11-12-28)32(3,4)25/h5-10,13-15,21-23,28H,11-12H2,1-4H3/t15-,21?,22-,23-/m0/s1. The van der Waals surface area contributed by atoms with Gasteiger partial charge in [0.15, 0.2) is 0 Å². The van der Waals surface area contributed by atoms with Crippen LogP contribution in [0.4, 0.5) is 4.11 Å². The molecule has 1 aromatic heterocycles. The number of fused-ring (bicyclic) bond motifs is 2. The lowest BCUT2D eigenvalue weighted by Gasteiger charge is -2.43. The van der Waals surface area contributed by atoms with Gasteiger partial charge in [-0.25, -0.2) is 0 Å². The largest absolute Gasteiger partial charge is 0.490 e. The molecule has 8 heteroatoms. The minimum absolute atomic E-state index is 0.0857. The van der Waals surface area contributed by atoms with Crippen LogP contribution in [0, 0.1) is 5.92 Å². The number of aliphatic hydroxyl groups excluding tert-OH is 1. The molecule has 170 valence electrons. The molecule has 0 amide bonds. The minimum atomic E-state index is -3.09. The van der Waals surface area contributed by atoms with E-state index in [-0.39, 0.29) is 29.7 Å².